The van der Waals surface area contributed by atoms with E-state index in [0.29, 0.717) is 51.2 Å². The number of fused-ring (bicyclic) bond motifs is 3. The third-order valence-corrected chi connectivity index (χ3v) is 5.71. The van der Waals surface area contributed by atoms with Gasteiger partial charge in [-0.1, -0.05) is 6.07 Å². The van der Waals surface area contributed by atoms with E-state index >= 15 is 0 Å². The molecule has 0 amide bonds. The fourth-order valence-electron chi connectivity index (χ4n) is 4.27. The molecule has 8 nitrogen and oxygen atoms in total. The Kier molecular flexibility index (Phi) is 5.05. The molecule has 33 heavy (non-hydrogen) atoms. The molecule has 0 saturated carbocycles. The van der Waals surface area contributed by atoms with Gasteiger partial charge in [-0.05, 0) is 30.3 Å². The largest absolute Gasteiger partial charge is 0.493 e. The first-order valence-corrected chi connectivity index (χ1v) is 10.2. The van der Waals surface area contributed by atoms with Crippen LogP contribution in [0.15, 0.2) is 52.8 Å². The van der Waals surface area contributed by atoms with Crippen molar-refractivity contribution in [3.8, 4) is 28.7 Å². The smallest absolute Gasteiger partial charge is 0.312 e. The third kappa shape index (κ3) is 3.31. The number of benzene rings is 2. The summed E-state index contributed by atoms with van der Waals surface area (Å²) in [6, 6.07) is 10.2. The van der Waals surface area contributed by atoms with E-state index in [4.69, 9.17) is 28.1 Å². The number of carbonyl (C=O) groups is 2. The maximum Gasteiger partial charge on any atom is 0.312 e. The van der Waals surface area contributed by atoms with Crippen LogP contribution >= 0.6 is 0 Å². The molecule has 3 aromatic rings. The van der Waals surface area contributed by atoms with Crippen LogP contribution in [-0.2, 0) is 4.79 Å². The number of allylic oxidation sites excluding steroid dienone is 1. The van der Waals surface area contributed by atoms with Crippen molar-refractivity contribution in [1.29, 1.82) is 0 Å². The Hall–Kier alpha value is -4.20. The molecule has 3 heterocycles. The summed E-state index contributed by atoms with van der Waals surface area (Å²) in [5, 5.41) is 0. The molecular weight excluding hydrogens is 428 g/mol. The summed E-state index contributed by atoms with van der Waals surface area (Å²) in [5.74, 6) is 1.44. The molecule has 0 spiro atoms. The number of carbonyl (C=O) groups excluding carboxylic acids is 2. The van der Waals surface area contributed by atoms with Crippen LogP contribution in [0.3, 0.4) is 0 Å². The van der Waals surface area contributed by atoms with Crippen LogP contribution in [-0.4, -0.2) is 33.1 Å². The average molecular weight is 448 g/mol. The van der Waals surface area contributed by atoms with E-state index in [-0.39, 0.29) is 18.0 Å². The standard InChI is InChI=1S/C25H20O8/c1-28-18-9-6-14(24(29-2)25(18)30-3)16-12-20(26)32-17-8-7-15-22(27)19(33-23(15)21(16)17)11-13-5-4-10-31-13/h4-11,16H,12H2,1-3H3/b19-11-/t16-/m0/s1. The van der Waals surface area contributed by atoms with Crippen molar-refractivity contribution in [2.45, 2.75) is 12.3 Å². The Morgan fingerprint density at radius 3 is 2.45 bits per heavy atom. The minimum atomic E-state index is -0.498. The molecule has 0 N–H and O–H groups in total. The number of methoxy groups -OCH3 is 3. The first kappa shape index (κ1) is 20.7. The third-order valence-electron chi connectivity index (χ3n) is 5.71. The number of ketones is 1. The van der Waals surface area contributed by atoms with Gasteiger partial charge in [-0.15, -0.1) is 0 Å². The summed E-state index contributed by atoms with van der Waals surface area (Å²) in [6.07, 6.45) is 3.08. The van der Waals surface area contributed by atoms with E-state index in [2.05, 4.69) is 0 Å². The van der Waals surface area contributed by atoms with E-state index < -0.39 is 11.9 Å². The summed E-state index contributed by atoms with van der Waals surface area (Å²) in [4.78, 5) is 25.5. The van der Waals surface area contributed by atoms with Crippen LogP contribution in [0.5, 0.6) is 28.7 Å². The van der Waals surface area contributed by atoms with Crippen LogP contribution in [0.1, 0.15) is 39.6 Å². The molecule has 0 bridgehead atoms. The van der Waals surface area contributed by atoms with E-state index in [1.54, 1.807) is 30.3 Å². The Labute approximate surface area is 189 Å². The van der Waals surface area contributed by atoms with Gasteiger partial charge in [0.15, 0.2) is 17.3 Å². The highest BCUT2D eigenvalue weighted by Gasteiger charge is 2.40. The number of esters is 1. The fraction of sp³-hybridized carbons (Fsp3) is 0.200. The van der Waals surface area contributed by atoms with Crippen molar-refractivity contribution in [1.82, 2.24) is 0 Å². The van der Waals surface area contributed by atoms with Crippen LogP contribution < -0.4 is 23.7 Å². The second-order valence-electron chi connectivity index (χ2n) is 7.46. The van der Waals surface area contributed by atoms with Gasteiger partial charge in [0, 0.05) is 23.1 Å². The molecular formula is C25H20O8. The van der Waals surface area contributed by atoms with Gasteiger partial charge in [0.2, 0.25) is 11.5 Å². The lowest BCUT2D eigenvalue weighted by molar-refractivity contribution is -0.135. The molecule has 0 aliphatic carbocycles. The first-order valence-electron chi connectivity index (χ1n) is 10.2. The minimum Gasteiger partial charge on any atom is -0.493 e. The maximum absolute atomic E-state index is 13.0. The molecule has 0 fully saturated rings. The number of hydrogen-bond donors (Lipinski definition) is 0. The molecule has 168 valence electrons. The lowest BCUT2D eigenvalue weighted by Crippen LogP contribution is -2.22. The molecule has 2 aliphatic rings. The number of Topliss-reactive ketones (excluding diaryl/α,β-unsaturated/α-hetero) is 1. The molecule has 0 saturated heterocycles. The highest BCUT2D eigenvalue weighted by atomic mass is 16.5. The summed E-state index contributed by atoms with van der Waals surface area (Å²) >= 11 is 0. The summed E-state index contributed by atoms with van der Waals surface area (Å²) in [6.45, 7) is 0. The van der Waals surface area contributed by atoms with Crippen molar-refractivity contribution in [2.24, 2.45) is 0 Å². The topological polar surface area (TPSA) is 93.4 Å². The number of ether oxygens (including phenoxy) is 5. The summed E-state index contributed by atoms with van der Waals surface area (Å²) in [7, 11) is 4.56. The van der Waals surface area contributed by atoms with Crippen molar-refractivity contribution in [3.05, 3.63) is 70.9 Å². The van der Waals surface area contributed by atoms with Gasteiger partial charge in [-0.3, -0.25) is 9.59 Å². The van der Waals surface area contributed by atoms with Gasteiger partial charge in [0.25, 0.3) is 0 Å². The Balaban J connectivity index is 1.68. The van der Waals surface area contributed by atoms with E-state index in [1.165, 1.54) is 33.7 Å². The Morgan fingerprint density at radius 2 is 1.76 bits per heavy atom. The highest BCUT2D eigenvalue weighted by Crippen LogP contribution is 2.52. The first-order chi connectivity index (χ1) is 16.0. The monoisotopic (exact) mass is 448 g/mol. The lowest BCUT2D eigenvalue weighted by atomic mass is 9.84. The van der Waals surface area contributed by atoms with Crippen LogP contribution in [0.2, 0.25) is 0 Å². The van der Waals surface area contributed by atoms with Gasteiger partial charge >= 0.3 is 5.97 Å². The predicted octanol–water partition coefficient (Wildman–Crippen LogP) is 4.36. The Morgan fingerprint density at radius 1 is 0.939 bits per heavy atom. The van der Waals surface area contributed by atoms with Gasteiger partial charge in [-0.2, -0.15) is 0 Å². The van der Waals surface area contributed by atoms with Crippen molar-refractivity contribution < 1.29 is 37.7 Å². The van der Waals surface area contributed by atoms with Gasteiger partial charge in [0.05, 0.1) is 39.6 Å². The summed E-state index contributed by atoms with van der Waals surface area (Å²) in [5.41, 5.74) is 1.66. The van der Waals surface area contributed by atoms with E-state index in [0.717, 1.165) is 0 Å². The molecule has 0 radical (unpaired) electrons. The molecule has 5 rings (SSSR count). The predicted molar refractivity (Wildman–Crippen MR) is 116 cm³/mol. The van der Waals surface area contributed by atoms with E-state index in [1.807, 2.05) is 6.07 Å². The second kappa shape index (κ2) is 8.05. The number of furan rings is 1. The van der Waals surface area contributed by atoms with Gasteiger partial charge in [-0.25, -0.2) is 0 Å². The molecule has 1 aromatic heterocycles. The lowest BCUT2D eigenvalue weighted by Gasteiger charge is -2.28. The SMILES string of the molecule is COc1ccc([C@@H]2CC(=O)Oc3ccc4c(c32)O/C(=C\c2ccco2)C4=O)c(OC)c1OC. The van der Waals surface area contributed by atoms with Crippen LogP contribution in [0, 0.1) is 0 Å². The molecule has 2 aromatic carbocycles. The van der Waals surface area contributed by atoms with Crippen molar-refractivity contribution >= 4 is 17.8 Å². The summed E-state index contributed by atoms with van der Waals surface area (Å²) < 4.78 is 33.4. The minimum absolute atomic E-state index is 0.0318. The quantitative estimate of drug-likeness (QED) is 0.323. The Bertz CT molecular complexity index is 1290. The number of rotatable bonds is 5. The highest BCUT2D eigenvalue weighted by molar-refractivity contribution is 6.15. The van der Waals surface area contributed by atoms with Gasteiger partial charge in [0.1, 0.15) is 17.3 Å². The average Bonchev–Trinajstić information content (AvgIpc) is 3.45. The number of hydrogen-bond acceptors (Lipinski definition) is 8. The normalized spacial score (nSPS) is 17.8. The zero-order valence-corrected chi connectivity index (χ0v) is 18.2. The fourth-order valence-corrected chi connectivity index (χ4v) is 4.27. The van der Waals surface area contributed by atoms with Gasteiger partial charge < -0.3 is 28.1 Å². The van der Waals surface area contributed by atoms with E-state index in [9.17, 15) is 9.59 Å². The second-order valence-corrected chi connectivity index (χ2v) is 7.46. The molecule has 0 unspecified atom stereocenters. The van der Waals surface area contributed by atoms with Crippen LogP contribution in [0.25, 0.3) is 6.08 Å². The zero-order valence-electron chi connectivity index (χ0n) is 18.2. The van der Waals surface area contributed by atoms with Crippen LogP contribution in [0.4, 0.5) is 0 Å². The molecule has 1 atom stereocenters. The zero-order chi connectivity index (χ0) is 23.1. The molecule has 8 heteroatoms. The van der Waals surface area contributed by atoms with Crippen molar-refractivity contribution in [2.75, 3.05) is 21.3 Å². The van der Waals surface area contributed by atoms with Crippen molar-refractivity contribution in [3.63, 3.8) is 0 Å². The molecule has 2 aliphatic heterocycles. The maximum atomic E-state index is 13.0.